The molecule has 1 aliphatic heterocycles. The van der Waals surface area contributed by atoms with Crippen LogP contribution in [0.5, 0.6) is 5.75 Å². The third kappa shape index (κ3) is 7.77. The summed E-state index contributed by atoms with van der Waals surface area (Å²) in [6.07, 6.45) is 11.5. The number of nitrogens with one attached hydrogen (secondary N) is 2. The highest BCUT2D eigenvalue weighted by atomic mass is 16.5. The zero-order valence-corrected chi connectivity index (χ0v) is 25.0. The van der Waals surface area contributed by atoms with E-state index >= 15 is 0 Å². The van der Waals surface area contributed by atoms with Crippen molar-refractivity contribution in [2.45, 2.75) is 70.4 Å². The minimum absolute atomic E-state index is 0.0640. The summed E-state index contributed by atoms with van der Waals surface area (Å²) in [5.41, 5.74) is 10.2. The predicted octanol–water partition coefficient (Wildman–Crippen LogP) is 5.89. The topological polar surface area (TPSA) is 147 Å². The first-order valence-electron chi connectivity index (χ1n) is 15.5. The fourth-order valence-electron chi connectivity index (χ4n) is 6.45. The quantitative estimate of drug-likeness (QED) is 0.0894. The molecule has 0 radical (unpaired) electrons. The zero-order chi connectivity index (χ0) is 30.3. The van der Waals surface area contributed by atoms with Gasteiger partial charge in [-0.05, 0) is 80.3 Å². The number of carbonyl (C=O) groups is 1. The molecule has 3 fully saturated rings. The molecule has 2 aromatic carbocycles. The lowest BCUT2D eigenvalue weighted by atomic mass is 9.86. The summed E-state index contributed by atoms with van der Waals surface area (Å²) >= 11 is 0. The molecule has 230 valence electrons. The van der Waals surface area contributed by atoms with Crippen LogP contribution < -0.4 is 21.6 Å². The van der Waals surface area contributed by atoms with Crippen molar-refractivity contribution in [3.05, 3.63) is 71.7 Å². The molecule has 5 rings (SSSR count). The van der Waals surface area contributed by atoms with Crippen molar-refractivity contribution in [2.24, 2.45) is 29.3 Å². The lowest BCUT2D eigenvalue weighted by molar-refractivity contribution is -0.132. The number of carboxylic acid groups (broad SMARTS) is 1. The Labute approximate surface area is 254 Å². The highest BCUT2D eigenvalue weighted by molar-refractivity contribution is 6.09. The Balaban J connectivity index is 1.31. The summed E-state index contributed by atoms with van der Waals surface area (Å²) in [5.74, 6) is 6.37. The van der Waals surface area contributed by atoms with E-state index in [1.165, 1.54) is 32.1 Å². The summed E-state index contributed by atoms with van der Waals surface area (Å²) in [4.78, 5) is 12.1. The average Bonchev–Trinajstić information content (AvgIpc) is 3.83. The van der Waals surface area contributed by atoms with Crippen LogP contribution in [-0.4, -0.2) is 47.7 Å². The molecule has 0 spiro atoms. The molecule has 2 aliphatic carbocycles. The summed E-state index contributed by atoms with van der Waals surface area (Å²) in [6.45, 7) is 3.52. The molecule has 3 atom stereocenters. The standard InChI is InChI=1S/C34H45N5O4/c1-22(23-7-3-2-4-8-23)43-28-12-6-10-25(18-28)24-9-5-11-26(17-24)38-33(31(20-35)34(40)41)30-19-29(30)32(36)21-39(37)27-13-15-42-16-14-27/h5-6,9-12,17-18,20-23,27,29-30,35,38H,2-4,7-8,13-16,19,36-37H2,1H3,(H,40,41)/b32-21-,33-31+,35-20?/t22?,29?,30-/m1/s1. The number of hydrogen-bond donors (Lipinski definition) is 5. The maximum absolute atomic E-state index is 12.1. The Morgan fingerprint density at radius 2 is 1.77 bits per heavy atom. The van der Waals surface area contributed by atoms with E-state index in [1.54, 1.807) is 11.2 Å². The summed E-state index contributed by atoms with van der Waals surface area (Å²) < 4.78 is 11.8. The van der Waals surface area contributed by atoms with Gasteiger partial charge in [0.05, 0.1) is 11.7 Å². The van der Waals surface area contributed by atoms with Gasteiger partial charge in [0.15, 0.2) is 0 Å². The normalized spacial score (nSPS) is 22.7. The minimum Gasteiger partial charge on any atom is -0.490 e. The van der Waals surface area contributed by atoms with Crippen molar-refractivity contribution in [2.75, 3.05) is 18.5 Å². The van der Waals surface area contributed by atoms with Crippen molar-refractivity contribution >= 4 is 17.9 Å². The largest absolute Gasteiger partial charge is 0.490 e. The summed E-state index contributed by atoms with van der Waals surface area (Å²) in [5, 5.41) is 22.8. The number of rotatable bonds is 12. The summed E-state index contributed by atoms with van der Waals surface area (Å²) in [6, 6.07) is 16.2. The molecule has 3 aliphatic rings. The van der Waals surface area contributed by atoms with Crippen molar-refractivity contribution in [3.8, 4) is 16.9 Å². The third-order valence-corrected chi connectivity index (χ3v) is 9.11. The molecule has 43 heavy (non-hydrogen) atoms. The number of hydrogen-bond acceptors (Lipinski definition) is 8. The van der Waals surface area contributed by atoms with E-state index in [0.29, 0.717) is 36.9 Å². The lowest BCUT2D eigenvalue weighted by Gasteiger charge is -2.30. The Morgan fingerprint density at radius 1 is 1.07 bits per heavy atom. The van der Waals surface area contributed by atoms with E-state index in [2.05, 4.69) is 18.3 Å². The molecule has 1 heterocycles. The van der Waals surface area contributed by atoms with E-state index < -0.39 is 5.97 Å². The van der Waals surface area contributed by atoms with Gasteiger partial charge in [0.2, 0.25) is 0 Å². The van der Waals surface area contributed by atoms with Gasteiger partial charge >= 0.3 is 5.97 Å². The van der Waals surface area contributed by atoms with Crippen LogP contribution in [0.15, 0.2) is 71.7 Å². The fourth-order valence-corrected chi connectivity index (χ4v) is 6.45. The van der Waals surface area contributed by atoms with Crippen molar-refractivity contribution < 1.29 is 19.4 Å². The van der Waals surface area contributed by atoms with Crippen LogP contribution in [0.3, 0.4) is 0 Å². The molecule has 1 saturated heterocycles. The summed E-state index contributed by atoms with van der Waals surface area (Å²) in [7, 11) is 0. The Hall–Kier alpha value is -3.82. The van der Waals surface area contributed by atoms with E-state index in [-0.39, 0.29) is 29.6 Å². The number of nitrogens with zero attached hydrogens (tertiary/aromatic N) is 1. The van der Waals surface area contributed by atoms with Gasteiger partial charge in [-0.3, -0.25) is 0 Å². The zero-order valence-electron chi connectivity index (χ0n) is 25.0. The van der Waals surface area contributed by atoms with Crippen molar-refractivity contribution in [1.29, 1.82) is 5.41 Å². The Morgan fingerprint density at radius 3 is 2.47 bits per heavy atom. The molecule has 0 amide bonds. The third-order valence-electron chi connectivity index (χ3n) is 9.11. The molecule has 2 unspecified atom stereocenters. The minimum atomic E-state index is -1.15. The molecular weight excluding hydrogens is 542 g/mol. The highest BCUT2D eigenvalue weighted by Gasteiger charge is 2.44. The maximum Gasteiger partial charge on any atom is 0.339 e. The number of benzene rings is 2. The molecule has 0 bridgehead atoms. The van der Waals surface area contributed by atoms with Gasteiger partial charge < -0.3 is 36.0 Å². The number of nitrogens with two attached hydrogens (primary N) is 2. The Bertz CT molecular complexity index is 1350. The number of ether oxygens (including phenoxy) is 2. The second-order valence-corrected chi connectivity index (χ2v) is 12.1. The van der Waals surface area contributed by atoms with Crippen molar-refractivity contribution in [1.82, 2.24) is 5.01 Å². The lowest BCUT2D eigenvalue weighted by Crippen LogP contribution is -2.41. The second-order valence-electron chi connectivity index (χ2n) is 12.1. The molecule has 9 nitrogen and oxygen atoms in total. The van der Waals surface area contributed by atoms with Crippen LogP contribution in [0.2, 0.25) is 0 Å². The van der Waals surface area contributed by atoms with Crippen LogP contribution in [0.25, 0.3) is 11.1 Å². The van der Waals surface area contributed by atoms with E-state index in [1.807, 2.05) is 42.5 Å². The van der Waals surface area contributed by atoms with Gasteiger partial charge in [0.1, 0.15) is 5.75 Å². The predicted molar refractivity (Wildman–Crippen MR) is 169 cm³/mol. The van der Waals surface area contributed by atoms with Gasteiger partial charge in [-0.15, -0.1) is 0 Å². The first-order chi connectivity index (χ1) is 20.8. The Kier molecular flexibility index (Phi) is 10.0. The van der Waals surface area contributed by atoms with Crippen LogP contribution >= 0.6 is 0 Å². The van der Waals surface area contributed by atoms with E-state index in [0.717, 1.165) is 41.6 Å². The molecule has 0 aromatic heterocycles. The molecule has 2 saturated carbocycles. The number of anilines is 1. The average molecular weight is 588 g/mol. The van der Waals surface area contributed by atoms with Crippen LogP contribution in [0.1, 0.15) is 58.3 Å². The van der Waals surface area contributed by atoms with Gasteiger partial charge in [0, 0.05) is 60.6 Å². The number of hydrazine groups is 1. The molecule has 2 aromatic rings. The molecule has 9 heteroatoms. The highest BCUT2D eigenvalue weighted by Crippen LogP contribution is 2.48. The monoisotopic (exact) mass is 587 g/mol. The van der Waals surface area contributed by atoms with Gasteiger partial charge in [-0.2, -0.15) is 0 Å². The van der Waals surface area contributed by atoms with Crippen molar-refractivity contribution in [3.63, 3.8) is 0 Å². The number of allylic oxidation sites excluding steroid dienone is 2. The van der Waals surface area contributed by atoms with Gasteiger partial charge in [0.25, 0.3) is 0 Å². The van der Waals surface area contributed by atoms with E-state index in [9.17, 15) is 9.90 Å². The first kappa shape index (κ1) is 30.6. The van der Waals surface area contributed by atoms with E-state index in [4.69, 9.17) is 26.5 Å². The second kappa shape index (κ2) is 14.1. The van der Waals surface area contributed by atoms with Crippen LogP contribution in [-0.2, 0) is 9.53 Å². The van der Waals surface area contributed by atoms with Gasteiger partial charge in [-0.1, -0.05) is 43.5 Å². The smallest absolute Gasteiger partial charge is 0.339 e. The number of carboxylic acids is 1. The maximum atomic E-state index is 12.1. The SMILES string of the molecule is CC(Oc1cccc(-c2cccc(N/C(=C(\C=N)C(=O)O)[C@@H]3CC3/C(N)=C/N(N)C3CCOCC3)c2)c1)C1CCCCC1. The van der Waals surface area contributed by atoms with Crippen LogP contribution in [0, 0.1) is 23.2 Å². The molecule has 7 N–H and O–H groups in total. The van der Waals surface area contributed by atoms with Crippen LogP contribution in [0.4, 0.5) is 5.69 Å². The van der Waals surface area contributed by atoms with Gasteiger partial charge in [-0.25, -0.2) is 10.6 Å². The first-order valence-corrected chi connectivity index (χ1v) is 15.5. The fraction of sp³-hybridized carbons (Fsp3) is 0.471. The molecular formula is C34H45N5O4. The number of aliphatic carboxylic acids is 1.